The molecule has 0 aliphatic heterocycles. The lowest BCUT2D eigenvalue weighted by Gasteiger charge is -2.09. The fourth-order valence-corrected chi connectivity index (χ4v) is 2.45. The summed E-state index contributed by atoms with van der Waals surface area (Å²) in [5.74, 6) is 2.21. The minimum atomic E-state index is -1.00. The smallest absolute Gasteiger partial charge is 0.172 e. The van der Waals surface area contributed by atoms with Gasteiger partial charge in [0.15, 0.2) is 5.78 Å². The Kier molecular flexibility index (Phi) is 20.4. The molecule has 0 spiro atoms. The highest BCUT2D eigenvalue weighted by molar-refractivity contribution is 5.82. The molecule has 0 aromatic heterocycles. The zero-order valence-corrected chi connectivity index (χ0v) is 23.2. The molecule has 0 atom stereocenters. The molecule has 0 saturated carbocycles. The van der Waals surface area contributed by atoms with Gasteiger partial charge in [-0.25, -0.2) is 0 Å². The van der Waals surface area contributed by atoms with Gasteiger partial charge in [-0.15, -0.1) is 0 Å². The van der Waals surface area contributed by atoms with Gasteiger partial charge in [-0.3, -0.25) is 14.0 Å². The molecule has 0 aliphatic rings. The number of Topliss-reactive ketones (excluding diaryl/α,β-unsaturated/α-hetero) is 2. The van der Waals surface area contributed by atoms with Gasteiger partial charge in [0.2, 0.25) is 0 Å². The molecule has 192 valence electrons. The van der Waals surface area contributed by atoms with E-state index in [2.05, 4.69) is 33.9 Å². The Labute approximate surface area is 205 Å². The van der Waals surface area contributed by atoms with Gasteiger partial charge in [0.05, 0.1) is 8.52 Å². The van der Waals surface area contributed by atoms with E-state index in [4.69, 9.17) is 6.11 Å². The van der Waals surface area contributed by atoms with Crippen molar-refractivity contribution in [3.05, 3.63) is 41.6 Å². The molecule has 0 heterocycles. The van der Waals surface area contributed by atoms with E-state index in [0.29, 0.717) is 11.7 Å². The average Bonchev–Trinajstić information content (AvgIpc) is 2.71. The first-order valence-electron chi connectivity index (χ1n) is 12.3. The van der Waals surface area contributed by atoms with Crippen molar-refractivity contribution >= 4 is 11.6 Å². The third-order valence-electron chi connectivity index (χ3n) is 4.23. The summed E-state index contributed by atoms with van der Waals surface area (Å²) in [6.45, 7) is 20.1. The lowest BCUT2D eigenvalue weighted by Crippen LogP contribution is -2.16. The first-order valence-corrected chi connectivity index (χ1v) is 11.6. The molecule has 0 saturated heterocycles. The summed E-state index contributed by atoms with van der Waals surface area (Å²) >= 11 is 0. The second kappa shape index (κ2) is 20.4. The van der Waals surface area contributed by atoms with Crippen LogP contribution in [-0.2, 0) is 9.59 Å². The Balaban J connectivity index is -0.000000448. The number of carbonyl (C=O) groups is 2. The molecule has 0 N–H and O–H groups in total. The third-order valence-corrected chi connectivity index (χ3v) is 4.23. The summed E-state index contributed by atoms with van der Waals surface area (Å²) in [6.07, 6.45) is 2.08. The minimum absolute atomic E-state index is 0.0370. The van der Waals surface area contributed by atoms with Crippen molar-refractivity contribution in [3.63, 3.8) is 0 Å². The van der Waals surface area contributed by atoms with Crippen LogP contribution >= 0.6 is 0 Å². The van der Waals surface area contributed by atoms with Gasteiger partial charge in [-0.05, 0) is 43.7 Å². The van der Waals surface area contributed by atoms with Crippen molar-refractivity contribution in [1.29, 1.82) is 0 Å². The molecule has 0 unspecified atom stereocenters. The zero-order valence-electron chi connectivity index (χ0n) is 24.2. The number of alkyl halides is 1. The molecule has 33 heavy (non-hydrogen) atoms. The number of nitrogens with zero attached hydrogens (tertiary/aromatic N) is 1. The topological polar surface area (TPSA) is 46.6 Å². The van der Waals surface area contributed by atoms with Crippen LogP contribution in [0.1, 0.15) is 82.1 Å². The molecule has 0 radical (unpaired) electrons. The Morgan fingerprint density at radius 3 is 1.58 bits per heavy atom. The number of benzene rings is 1. The van der Waals surface area contributed by atoms with Gasteiger partial charge in [0.1, 0.15) is 18.1 Å². The quantitative estimate of drug-likeness (QED) is 0.400. The van der Waals surface area contributed by atoms with Crippen LogP contribution in [0, 0.1) is 17.8 Å². The molecule has 4 nitrogen and oxygen atoms in total. The largest absolute Gasteiger partial charge is 0.486 e. The Hall–Kier alpha value is -2.17. The van der Waals surface area contributed by atoms with E-state index in [9.17, 15) is 14.0 Å². The predicted molar refractivity (Wildman–Crippen MR) is 141 cm³/mol. The first kappa shape index (κ1) is 33.0. The summed E-state index contributed by atoms with van der Waals surface area (Å²) in [4.78, 5) is 24.2. The van der Waals surface area contributed by atoms with Crippen LogP contribution in [0.4, 0.5) is 4.39 Å². The molecular formula is C28H50FNO3. The molecule has 1 rings (SSSR count). The normalized spacial score (nSPS) is 10.2. The van der Waals surface area contributed by atoms with Crippen LogP contribution in [0.25, 0.3) is 0 Å². The number of rotatable bonds is 8. The number of halogens is 1. The number of carbonyl (C=O) groups excluding carboxylic acids is 2. The first-order chi connectivity index (χ1) is 15.6. The maximum atomic E-state index is 11.4. The third kappa shape index (κ3) is 21.4. The maximum Gasteiger partial charge on any atom is 0.172 e. The Morgan fingerprint density at radius 2 is 1.36 bits per heavy atom. The molecule has 0 amide bonds. The van der Waals surface area contributed by atoms with Crippen molar-refractivity contribution in [3.8, 4) is 5.75 Å². The zero-order chi connectivity index (χ0) is 27.4. The number of hydrogen-bond donors (Lipinski definition) is 0. The van der Waals surface area contributed by atoms with Crippen molar-refractivity contribution in [1.82, 2.24) is 4.90 Å². The number of hydrogen-bond acceptors (Lipinski definition) is 4. The van der Waals surface area contributed by atoms with Crippen LogP contribution in [-0.4, -0.2) is 44.3 Å². The standard InChI is InChI=1S/C14H20O2.C7H14O.C6H13N.CH3F/c1-10(2)12-5-7-13(8-6-12)16-9-14(15)11(3)4;1-5(2)7(8)6(3)4;1-6(2)5-7(3)4;1-2/h5-8,10-11H,9H2,1-4H3;5-6H,1-4H3;5H,1-4H3;1H3/i;;;1D. The fourth-order valence-electron chi connectivity index (χ4n) is 2.45. The second-order valence-corrected chi connectivity index (χ2v) is 9.52. The van der Waals surface area contributed by atoms with E-state index in [-0.39, 0.29) is 30.1 Å². The highest BCUT2D eigenvalue weighted by Crippen LogP contribution is 2.18. The highest BCUT2D eigenvalue weighted by atomic mass is 19.1. The highest BCUT2D eigenvalue weighted by Gasteiger charge is 2.10. The molecule has 0 fully saturated rings. The SMILES string of the molecule is CC(C)=CN(C)C.CC(C)C(=O)C(C)C.CC(C)C(=O)COc1ccc(C(C)C)cc1.[2H]CF. The van der Waals surface area contributed by atoms with Gasteiger partial charge in [0, 0.05) is 31.8 Å². The van der Waals surface area contributed by atoms with Crippen molar-refractivity contribution in [2.45, 2.75) is 75.2 Å². The van der Waals surface area contributed by atoms with Gasteiger partial charge < -0.3 is 9.64 Å². The molecular weight excluding hydrogens is 417 g/mol. The summed E-state index contributed by atoms with van der Waals surface area (Å²) < 4.78 is 20.9. The van der Waals surface area contributed by atoms with E-state index in [1.807, 2.05) is 84.8 Å². The lowest BCUT2D eigenvalue weighted by atomic mass is 9.99. The Morgan fingerprint density at radius 1 is 0.939 bits per heavy atom. The van der Waals surface area contributed by atoms with Crippen LogP contribution in [0.3, 0.4) is 0 Å². The fraction of sp³-hybridized carbons (Fsp3) is 0.643. The lowest BCUT2D eigenvalue weighted by molar-refractivity contribution is -0.125. The van der Waals surface area contributed by atoms with E-state index in [1.54, 1.807) is 0 Å². The van der Waals surface area contributed by atoms with Gasteiger partial charge in [-0.2, -0.15) is 0 Å². The Bertz CT molecular complexity index is 667. The molecule has 5 heteroatoms. The molecule has 1 aromatic carbocycles. The second-order valence-electron chi connectivity index (χ2n) is 9.52. The number of ether oxygens (including phenoxy) is 1. The van der Waals surface area contributed by atoms with Crippen LogP contribution in [0.15, 0.2) is 36.0 Å². The summed E-state index contributed by atoms with van der Waals surface area (Å²) in [5, 5.41) is 0. The van der Waals surface area contributed by atoms with Crippen molar-refractivity contribution in [2.75, 3.05) is 27.9 Å². The van der Waals surface area contributed by atoms with Gasteiger partial charge >= 0.3 is 0 Å². The number of allylic oxidation sites excluding steroid dienone is 1. The van der Waals surface area contributed by atoms with E-state index < -0.39 is 7.15 Å². The summed E-state index contributed by atoms with van der Waals surface area (Å²) in [7, 11) is 3.04. The number of ketones is 2. The van der Waals surface area contributed by atoms with Crippen LogP contribution in [0.2, 0.25) is 0 Å². The van der Waals surface area contributed by atoms with E-state index in [1.165, 1.54) is 11.1 Å². The predicted octanol–water partition coefficient (Wildman–Crippen LogP) is 7.34. The van der Waals surface area contributed by atoms with Gasteiger partial charge in [-0.1, -0.05) is 73.1 Å². The minimum Gasteiger partial charge on any atom is -0.486 e. The summed E-state index contributed by atoms with van der Waals surface area (Å²) in [6, 6.07) is 7.92. The van der Waals surface area contributed by atoms with E-state index in [0.717, 1.165) is 5.75 Å². The summed E-state index contributed by atoms with van der Waals surface area (Å²) in [5.41, 5.74) is 2.62. The molecule has 1 aromatic rings. The molecule has 0 bridgehead atoms. The average molecular weight is 469 g/mol. The molecule has 0 aliphatic carbocycles. The monoisotopic (exact) mass is 468 g/mol. The van der Waals surface area contributed by atoms with Crippen molar-refractivity contribution in [2.24, 2.45) is 17.8 Å². The van der Waals surface area contributed by atoms with Crippen LogP contribution in [0.5, 0.6) is 5.75 Å². The maximum absolute atomic E-state index is 11.4. The van der Waals surface area contributed by atoms with E-state index >= 15 is 0 Å². The van der Waals surface area contributed by atoms with Crippen molar-refractivity contribution < 1.29 is 20.1 Å². The van der Waals surface area contributed by atoms with Gasteiger partial charge in [0.25, 0.3) is 0 Å². The van der Waals surface area contributed by atoms with Crippen LogP contribution < -0.4 is 4.74 Å².